The summed E-state index contributed by atoms with van der Waals surface area (Å²) in [6, 6.07) is 13.7. The Hall–Kier alpha value is -3.82. The van der Waals surface area contributed by atoms with Crippen LogP contribution in [0.4, 0.5) is 11.4 Å². The number of piperazine rings is 1. The van der Waals surface area contributed by atoms with Crippen LogP contribution in [0.25, 0.3) is 5.69 Å². The van der Waals surface area contributed by atoms with E-state index in [0.717, 1.165) is 5.69 Å². The van der Waals surface area contributed by atoms with E-state index < -0.39 is 4.92 Å². The van der Waals surface area contributed by atoms with Crippen molar-refractivity contribution < 1.29 is 9.72 Å². The Morgan fingerprint density at radius 1 is 1.00 bits per heavy atom. The van der Waals surface area contributed by atoms with Gasteiger partial charge in [0.05, 0.1) is 16.2 Å². The monoisotopic (exact) mass is 379 g/mol. The first-order valence-electron chi connectivity index (χ1n) is 8.74. The standard InChI is InChI=1S/C18H17N7O3/c26-18(16-3-1-2-4-17(16)24-13-19-20-21-24)23-11-9-22(10-12-23)14-5-7-15(8-6-14)25(27)28/h1-8,13H,9-12H2. The topological polar surface area (TPSA) is 110 Å². The van der Waals surface area contributed by atoms with E-state index in [0.29, 0.717) is 37.4 Å². The number of carbonyl (C=O) groups is 1. The fourth-order valence-electron chi connectivity index (χ4n) is 3.25. The van der Waals surface area contributed by atoms with E-state index >= 15 is 0 Å². The summed E-state index contributed by atoms with van der Waals surface area (Å²) in [7, 11) is 0. The Morgan fingerprint density at radius 2 is 1.71 bits per heavy atom. The predicted molar refractivity (Wildman–Crippen MR) is 100 cm³/mol. The zero-order chi connectivity index (χ0) is 19.5. The molecule has 0 spiro atoms. The van der Waals surface area contributed by atoms with E-state index in [1.54, 1.807) is 29.2 Å². The minimum absolute atomic E-state index is 0.0665. The van der Waals surface area contributed by atoms with Crippen LogP contribution in [0.5, 0.6) is 0 Å². The third kappa shape index (κ3) is 3.39. The molecule has 2 heterocycles. The lowest BCUT2D eigenvalue weighted by Gasteiger charge is -2.36. The molecular formula is C18H17N7O3. The van der Waals surface area contributed by atoms with Gasteiger partial charge in [-0.25, -0.2) is 0 Å². The maximum Gasteiger partial charge on any atom is 0.269 e. The smallest absolute Gasteiger partial charge is 0.269 e. The summed E-state index contributed by atoms with van der Waals surface area (Å²) in [5, 5.41) is 21.9. The van der Waals surface area contributed by atoms with Crippen LogP contribution in [0.2, 0.25) is 0 Å². The minimum Gasteiger partial charge on any atom is -0.368 e. The summed E-state index contributed by atoms with van der Waals surface area (Å²) in [5.74, 6) is -0.0746. The summed E-state index contributed by atoms with van der Waals surface area (Å²) in [6.07, 6.45) is 1.46. The highest BCUT2D eigenvalue weighted by Crippen LogP contribution is 2.22. The first kappa shape index (κ1) is 17.6. The molecule has 1 fully saturated rings. The summed E-state index contributed by atoms with van der Waals surface area (Å²) in [4.78, 5) is 27.3. The van der Waals surface area contributed by atoms with Crippen LogP contribution >= 0.6 is 0 Å². The second-order valence-corrected chi connectivity index (χ2v) is 6.32. The van der Waals surface area contributed by atoms with Crippen molar-refractivity contribution >= 4 is 17.3 Å². The molecule has 4 rings (SSSR count). The number of amides is 1. The first-order valence-corrected chi connectivity index (χ1v) is 8.74. The van der Waals surface area contributed by atoms with Crippen LogP contribution in [0, 0.1) is 10.1 Å². The molecule has 2 aromatic carbocycles. The second-order valence-electron chi connectivity index (χ2n) is 6.32. The number of rotatable bonds is 4. The van der Waals surface area contributed by atoms with Gasteiger partial charge in [-0.1, -0.05) is 12.1 Å². The Kier molecular flexibility index (Phi) is 4.67. The molecule has 10 nitrogen and oxygen atoms in total. The van der Waals surface area contributed by atoms with Gasteiger partial charge < -0.3 is 9.80 Å². The number of aromatic nitrogens is 4. The van der Waals surface area contributed by atoms with Crippen LogP contribution in [0.15, 0.2) is 54.9 Å². The Labute approximate surface area is 160 Å². The number of para-hydroxylation sites is 1. The molecule has 0 bridgehead atoms. The zero-order valence-corrected chi connectivity index (χ0v) is 14.9. The number of anilines is 1. The van der Waals surface area contributed by atoms with Crippen LogP contribution in [0.1, 0.15) is 10.4 Å². The molecule has 10 heteroatoms. The van der Waals surface area contributed by atoms with Crippen molar-refractivity contribution in [1.82, 2.24) is 25.1 Å². The van der Waals surface area contributed by atoms with Gasteiger partial charge in [0.1, 0.15) is 6.33 Å². The number of hydrogen-bond acceptors (Lipinski definition) is 7. The average molecular weight is 379 g/mol. The van der Waals surface area contributed by atoms with E-state index in [9.17, 15) is 14.9 Å². The largest absolute Gasteiger partial charge is 0.368 e. The third-order valence-corrected chi connectivity index (χ3v) is 4.72. The van der Waals surface area contributed by atoms with Gasteiger partial charge in [-0.05, 0) is 34.7 Å². The lowest BCUT2D eigenvalue weighted by molar-refractivity contribution is -0.384. The lowest BCUT2D eigenvalue weighted by atomic mass is 10.1. The molecule has 1 aliphatic heterocycles. The molecule has 0 atom stereocenters. The summed E-state index contributed by atoms with van der Waals surface area (Å²) < 4.78 is 1.47. The number of nitro groups is 1. The molecule has 1 amide bonds. The zero-order valence-electron chi connectivity index (χ0n) is 14.9. The van der Waals surface area contributed by atoms with Crippen molar-refractivity contribution in [1.29, 1.82) is 0 Å². The van der Waals surface area contributed by atoms with Gasteiger partial charge in [0.2, 0.25) is 0 Å². The van der Waals surface area contributed by atoms with Crippen LogP contribution < -0.4 is 4.90 Å². The first-order chi connectivity index (χ1) is 13.6. The third-order valence-electron chi connectivity index (χ3n) is 4.72. The lowest BCUT2D eigenvalue weighted by Crippen LogP contribution is -2.49. The van der Waals surface area contributed by atoms with E-state index in [1.165, 1.54) is 23.1 Å². The maximum absolute atomic E-state index is 13.0. The molecule has 3 aromatic rings. The fraction of sp³-hybridized carbons (Fsp3) is 0.222. The molecule has 28 heavy (non-hydrogen) atoms. The highest BCUT2D eigenvalue weighted by atomic mass is 16.6. The molecule has 0 radical (unpaired) electrons. The Bertz CT molecular complexity index is 981. The predicted octanol–water partition coefficient (Wildman–Crippen LogP) is 1.53. The van der Waals surface area contributed by atoms with E-state index in [-0.39, 0.29) is 11.6 Å². The summed E-state index contributed by atoms with van der Waals surface area (Å²) in [6.45, 7) is 2.41. The molecule has 1 aliphatic rings. The Balaban J connectivity index is 1.46. The summed E-state index contributed by atoms with van der Waals surface area (Å²) in [5.41, 5.74) is 2.15. The molecule has 142 valence electrons. The van der Waals surface area contributed by atoms with Gasteiger partial charge in [0.25, 0.3) is 11.6 Å². The molecule has 1 saturated heterocycles. The maximum atomic E-state index is 13.0. The van der Waals surface area contributed by atoms with E-state index in [2.05, 4.69) is 20.4 Å². The molecule has 0 saturated carbocycles. The van der Waals surface area contributed by atoms with E-state index in [4.69, 9.17) is 0 Å². The molecule has 0 unspecified atom stereocenters. The SMILES string of the molecule is O=C(c1ccccc1-n1cnnn1)N1CCN(c2ccc([N+](=O)[O-])cc2)CC1. The number of non-ortho nitro benzene ring substituents is 1. The average Bonchev–Trinajstić information content (AvgIpc) is 3.28. The van der Waals surface area contributed by atoms with Gasteiger partial charge in [-0.15, -0.1) is 5.10 Å². The van der Waals surface area contributed by atoms with Crippen molar-refractivity contribution in [2.75, 3.05) is 31.1 Å². The van der Waals surface area contributed by atoms with Gasteiger partial charge in [0, 0.05) is 44.0 Å². The van der Waals surface area contributed by atoms with Crippen LogP contribution in [0.3, 0.4) is 0 Å². The van der Waals surface area contributed by atoms with Crippen molar-refractivity contribution in [2.45, 2.75) is 0 Å². The quantitative estimate of drug-likeness (QED) is 0.499. The number of nitrogens with zero attached hydrogens (tertiary/aromatic N) is 7. The van der Waals surface area contributed by atoms with Crippen LogP contribution in [-0.2, 0) is 0 Å². The van der Waals surface area contributed by atoms with Crippen molar-refractivity contribution in [2.24, 2.45) is 0 Å². The van der Waals surface area contributed by atoms with Gasteiger partial charge in [-0.2, -0.15) is 4.68 Å². The minimum atomic E-state index is -0.414. The summed E-state index contributed by atoms with van der Waals surface area (Å²) >= 11 is 0. The second kappa shape index (κ2) is 7.43. The Morgan fingerprint density at radius 3 is 2.36 bits per heavy atom. The number of benzene rings is 2. The number of nitro benzene ring substituents is 1. The van der Waals surface area contributed by atoms with Gasteiger partial charge >= 0.3 is 0 Å². The molecular weight excluding hydrogens is 362 g/mol. The van der Waals surface area contributed by atoms with Crippen molar-refractivity contribution in [3.8, 4) is 5.69 Å². The van der Waals surface area contributed by atoms with Crippen molar-refractivity contribution in [3.05, 3.63) is 70.5 Å². The van der Waals surface area contributed by atoms with Gasteiger partial charge in [-0.3, -0.25) is 14.9 Å². The van der Waals surface area contributed by atoms with E-state index in [1.807, 2.05) is 12.1 Å². The van der Waals surface area contributed by atoms with Crippen LogP contribution in [-0.4, -0.2) is 62.1 Å². The molecule has 0 aliphatic carbocycles. The van der Waals surface area contributed by atoms with Gasteiger partial charge in [0.15, 0.2) is 0 Å². The molecule has 0 N–H and O–H groups in total. The highest BCUT2D eigenvalue weighted by Gasteiger charge is 2.24. The van der Waals surface area contributed by atoms with Crippen molar-refractivity contribution in [3.63, 3.8) is 0 Å². The normalized spacial score (nSPS) is 14.1. The fourth-order valence-corrected chi connectivity index (χ4v) is 3.25. The number of hydrogen-bond donors (Lipinski definition) is 0. The molecule has 1 aromatic heterocycles. The number of carbonyl (C=O) groups excluding carboxylic acids is 1. The number of tetrazole rings is 1. The highest BCUT2D eigenvalue weighted by molar-refractivity contribution is 5.97.